The van der Waals surface area contributed by atoms with Crippen LogP contribution in [-0.4, -0.2) is 44.2 Å². The number of benzene rings is 1. The number of ether oxygens (including phenoxy) is 1. The van der Waals surface area contributed by atoms with Gasteiger partial charge in [0.1, 0.15) is 11.8 Å². The number of nitrogens with zero attached hydrogens (tertiary/aromatic N) is 1. The van der Waals surface area contributed by atoms with E-state index in [0.29, 0.717) is 15.6 Å². The van der Waals surface area contributed by atoms with E-state index in [0.717, 1.165) is 0 Å². The van der Waals surface area contributed by atoms with Crippen LogP contribution in [0.2, 0.25) is 0 Å². The molecule has 130 valence electrons. The largest absolute Gasteiger partial charge is 0.496 e. The normalized spacial score (nSPS) is 17.7. The topological polar surface area (TPSA) is 92.8 Å². The van der Waals surface area contributed by atoms with Gasteiger partial charge in [-0.2, -0.15) is 0 Å². The van der Waals surface area contributed by atoms with Crippen molar-refractivity contribution in [2.75, 3.05) is 13.7 Å². The molecule has 7 nitrogen and oxygen atoms in total. The van der Waals surface area contributed by atoms with Crippen LogP contribution in [0, 0.1) is 6.92 Å². The standard InChI is InChI=1S/C16H20N2O5S/c1-4-9-17-16(20)13-6-8-15(19)18(13)24(21,22)12-5-7-14(23-3)11(2)10-12/h4-5,7,10,13H,1,6,8-9H2,2-3H3,(H,17,20)/t13-/m1/s1. The summed E-state index contributed by atoms with van der Waals surface area (Å²) >= 11 is 0. The Balaban J connectivity index is 2.38. The van der Waals surface area contributed by atoms with Crippen molar-refractivity contribution in [3.05, 3.63) is 36.4 Å². The molecule has 0 bridgehead atoms. The van der Waals surface area contributed by atoms with Gasteiger partial charge in [-0.05, 0) is 37.1 Å². The molecular weight excluding hydrogens is 332 g/mol. The summed E-state index contributed by atoms with van der Waals surface area (Å²) < 4.78 is 31.5. The molecule has 1 heterocycles. The van der Waals surface area contributed by atoms with E-state index in [-0.39, 0.29) is 24.3 Å². The minimum atomic E-state index is -4.11. The summed E-state index contributed by atoms with van der Waals surface area (Å²) in [4.78, 5) is 24.2. The van der Waals surface area contributed by atoms with Gasteiger partial charge in [0, 0.05) is 13.0 Å². The second kappa shape index (κ2) is 7.04. The first-order chi connectivity index (χ1) is 11.3. The molecular formula is C16H20N2O5S. The lowest BCUT2D eigenvalue weighted by Gasteiger charge is -2.23. The quantitative estimate of drug-likeness (QED) is 0.771. The summed E-state index contributed by atoms with van der Waals surface area (Å²) in [5, 5.41) is 2.54. The number of sulfonamides is 1. The maximum absolute atomic E-state index is 12.8. The zero-order chi connectivity index (χ0) is 17.9. The maximum Gasteiger partial charge on any atom is 0.267 e. The first-order valence-electron chi connectivity index (χ1n) is 7.43. The lowest BCUT2D eigenvalue weighted by molar-refractivity contribution is -0.130. The zero-order valence-corrected chi connectivity index (χ0v) is 14.4. The third-order valence-electron chi connectivity index (χ3n) is 3.81. The first kappa shape index (κ1) is 18.0. The highest BCUT2D eigenvalue weighted by atomic mass is 32.2. The Bertz CT molecular complexity index is 773. The number of nitrogens with one attached hydrogen (secondary N) is 1. The molecule has 0 spiro atoms. The van der Waals surface area contributed by atoms with E-state index in [1.165, 1.54) is 31.4 Å². The molecule has 1 saturated heterocycles. The highest BCUT2D eigenvalue weighted by Gasteiger charge is 2.44. The maximum atomic E-state index is 12.8. The average molecular weight is 352 g/mol. The fourth-order valence-electron chi connectivity index (χ4n) is 2.62. The molecule has 1 fully saturated rings. The SMILES string of the molecule is C=CCNC(=O)[C@H]1CCC(=O)N1S(=O)(=O)c1ccc(OC)c(C)c1. The van der Waals surface area contributed by atoms with Crippen LogP contribution in [0.3, 0.4) is 0 Å². The van der Waals surface area contributed by atoms with E-state index in [1.807, 2.05) is 0 Å². The van der Waals surface area contributed by atoms with Gasteiger partial charge in [-0.15, -0.1) is 6.58 Å². The molecule has 2 amide bonds. The van der Waals surface area contributed by atoms with Crippen molar-refractivity contribution in [3.63, 3.8) is 0 Å². The average Bonchev–Trinajstić information content (AvgIpc) is 2.95. The predicted octanol–water partition coefficient (Wildman–Crippen LogP) is 0.986. The van der Waals surface area contributed by atoms with Crippen molar-refractivity contribution < 1.29 is 22.7 Å². The molecule has 1 N–H and O–H groups in total. The van der Waals surface area contributed by atoms with Crippen molar-refractivity contribution >= 4 is 21.8 Å². The molecule has 0 unspecified atom stereocenters. The highest BCUT2D eigenvalue weighted by molar-refractivity contribution is 7.89. The van der Waals surface area contributed by atoms with Gasteiger partial charge >= 0.3 is 0 Å². The Kier molecular flexibility index (Phi) is 5.28. The van der Waals surface area contributed by atoms with Gasteiger partial charge in [0.25, 0.3) is 10.0 Å². The smallest absolute Gasteiger partial charge is 0.267 e. The number of hydrogen-bond donors (Lipinski definition) is 1. The molecule has 1 atom stereocenters. The molecule has 0 aromatic heterocycles. The molecule has 24 heavy (non-hydrogen) atoms. The molecule has 2 rings (SSSR count). The second-order valence-electron chi connectivity index (χ2n) is 5.41. The van der Waals surface area contributed by atoms with Gasteiger partial charge < -0.3 is 10.1 Å². The van der Waals surface area contributed by atoms with Gasteiger partial charge in [0.2, 0.25) is 11.8 Å². The zero-order valence-electron chi connectivity index (χ0n) is 13.6. The summed E-state index contributed by atoms with van der Waals surface area (Å²) in [6.07, 6.45) is 1.66. The second-order valence-corrected chi connectivity index (χ2v) is 7.23. The van der Waals surface area contributed by atoms with E-state index in [1.54, 1.807) is 6.92 Å². The molecule has 8 heteroatoms. The number of carbonyl (C=O) groups is 2. The monoisotopic (exact) mass is 352 g/mol. The summed E-state index contributed by atoms with van der Waals surface area (Å²) in [5.41, 5.74) is 0.623. The number of amides is 2. The fourth-order valence-corrected chi connectivity index (χ4v) is 4.30. The Morgan fingerprint density at radius 3 is 2.79 bits per heavy atom. The van der Waals surface area contributed by atoms with Gasteiger partial charge in [0.15, 0.2) is 0 Å². The fraction of sp³-hybridized carbons (Fsp3) is 0.375. The first-order valence-corrected chi connectivity index (χ1v) is 8.87. The van der Waals surface area contributed by atoms with Crippen LogP contribution in [0.4, 0.5) is 0 Å². The number of rotatable bonds is 6. The van der Waals surface area contributed by atoms with Gasteiger partial charge in [-0.1, -0.05) is 6.08 Å². The third-order valence-corrected chi connectivity index (χ3v) is 5.63. The van der Waals surface area contributed by atoms with E-state index in [4.69, 9.17) is 4.74 Å². The van der Waals surface area contributed by atoms with Crippen molar-refractivity contribution in [1.82, 2.24) is 9.62 Å². The third kappa shape index (κ3) is 3.28. The number of aryl methyl sites for hydroxylation is 1. The van der Waals surface area contributed by atoms with Gasteiger partial charge in [-0.25, -0.2) is 12.7 Å². The van der Waals surface area contributed by atoms with Gasteiger partial charge in [0.05, 0.1) is 12.0 Å². The molecule has 1 aromatic carbocycles. The van der Waals surface area contributed by atoms with Gasteiger partial charge in [-0.3, -0.25) is 9.59 Å². The van der Waals surface area contributed by atoms with Crippen LogP contribution < -0.4 is 10.1 Å². The molecule has 1 aromatic rings. The van der Waals surface area contributed by atoms with E-state index in [2.05, 4.69) is 11.9 Å². The van der Waals surface area contributed by atoms with Crippen LogP contribution in [0.25, 0.3) is 0 Å². The lowest BCUT2D eigenvalue weighted by Crippen LogP contribution is -2.47. The minimum Gasteiger partial charge on any atom is -0.496 e. The Labute approximate surface area is 141 Å². The molecule has 0 aliphatic carbocycles. The summed E-state index contributed by atoms with van der Waals surface area (Å²) in [5.74, 6) is -0.543. The van der Waals surface area contributed by atoms with Crippen molar-refractivity contribution in [3.8, 4) is 5.75 Å². The summed E-state index contributed by atoms with van der Waals surface area (Å²) in [6.45, 7) is 5.40. The van der Waals surface area contributed by atoms with E-state index >= 15 is 0 Å². The molecule has 1 aliphatic heterocycles. The number of methoxy groups -OCH3 is 1. The van der Waals surface area contributed by atoms with Crippen molar-refractivity contribution in [2.45, 2.75) is 30.7 Å². The molecule has 1 aliphatic rings. The summed E-state index contributed by atoms with van der Waals surface area (Å²) in [6, 6.07) is 3.28. The molecule has 0 radical (unpaired) electrons. The van der Waals surface area contributed by atoms with E-state index < -0.39 is 27.9 Å². The Morgan fingerprint density at radius 1 is 1.50 bits per heavy atom. The Hall–Kier alpha value is -2.35. The van der Waals surface area contributed by atoms with Crippen LogP contribution >= 0.6 is 0 Å². The Morgan fingerprint density at radius 2 is 2.21 bits per heavy atom. The van der Waals surface area contributed by atoms with Crippen molar-refractivity contribution in [2.24, 2.45) is 0 Å². The van der Waals surface area contributed by atoms with Crippen LogP contribution in [0.15, 0.2) is 35.7 Å². The number of carbonyl (C=O) groups excluding carboxylic acids is 2. The molecule has 0 saturated carbocycles. The predicted molar refractivity (Wildman–Crippen MR) is 88.0 cm³/mol. The van der Waals surface area contributed by atoms with Crippen LogP contribution in [0.1, 0.15) is 18.4 Å². The van der Waals surface area contributed by atoms with E-state index in [9.17, 15) is 18.0 Å². The number of hydrogen-bond acceptors (Lipinski definition) is 5. The van der Waals surface area contributed by atoms with Crippen LogP contribution in [0.5, 0.6) is 5.75 Å². The summed E-state index contributed by atoms with van der Waals surface area (Å²) in [7, 11) is -2.63. The van der Waals surface area contributed by atoms with Crippen molar-refractivity contribution in [1.29, 1.82) is 0 Å². The van der Waals surface area contributed by atoms with Crippen LogP contribution in [-0.2, 0) is 19.6 Å². The minimum absolute atomic E-state index is 0.0144. The highest BCUT2D eigenvalue weighted by Crippen LogP contribution is 2.29. The lowest BCUT2D eigenvalue weighted by atomic mass is 10.2.